The Morgan fingerprint density at radius 2 is 0.829 bits per heavy atom. The van der Waals surface area contributed by atoms with E-state index in [1.54, 1.807) is 0 Å². The van der Waals surface area contributed by atoms with Gasteiger partial charge in [-0.2, -0.15) is 15.0 Å². The lowest BCUT2D eigenvalue weighted by atomic mass is 10.1. The quantitative estimate of drug-likeness (QED) is 0.117. The van der Waals surface area contributed by atoms with Crippen LogP contribution >= 0.6 is 0 Å². The molecule has 0 atom stereocenters. The highest BCUT2D eigenvalue weighted by atomic mass is 28.3. The van der Waals surface area contributed by atoms with Crippen molar-refractivity contribution in [3.63, 3.8) is 0 Å². The summed E-state index contributed by atoms with van der Waals surface area (Å²) in [7, 11) is -3.21. The van der Waals surface area contributed by atoms with Crippen LogP contribution in [0.1, 0.15) is 0 Å². The first-order valence-electron chi connectivity index (χ1n) is 23.4. The van der Waals surface area contributed by atoms with E-state index in [9.17, 15) is 0 Å². The van der Waals surface area contributed by atoms with Crippen LogP contribution in [-0.2, 0) is 0 Å². The Bertz CT molecular complexity index is 4360. The van der Waals surface area contributed by atoms with Gasteiger partial charge in [-0.05, 0) is 75.3 Å². The van der Waals surface area contributed by atoms with Gasteiger partial charge in [-0.25, -0.2) is 19.1 Å². The van der Waals surface area contributed by atoms with Gasteiger partial charge in [0.15, 0.2) is 13.9 Å². The molecule has 0 unspecified atom stereocenters. The second-order valence-electron chi connectivity index (χ2n) is 17.7. The number of nitrogens with zero attached hydrogens (tertiary/aromatic N) is 9. The molecule has 15 rings (SSSR count). The molecular weight excluding hydrogens is 879 g/mol. The molecule has 0 fully saturated rings. The first kappa shape index (κ1) is 38.6. The molecule has 0 radical (unpaired) electrons. The Kier molecular flexibility index (Phi) is 8.15. The standard InChI is InChI=1S/C59H37N9OSi/c1-3-20-39(21-4-1)70(40-22-5-2-6-23-40,53-36-18-26-43-42-25-7-16-35-52(42)69-54(43)53)41-24-17-19-38(37-41)55-62-56(67-50-33-14-12-31-48(50)65-46-29-10-8-27-44(46)60-58(65)67)64-57(63-55)68-51-34-15-13-32-49(51)66-47-30-11-9-28-45(47)61-59(66)68/h1-37H. The van der Waals surface area contributed by atoms with Crippen molar-refractivity contribution in [2.24, 2.45) is 0 Å². The van der Waals surface area contributed by atoms with Crippen LogP contribution in [0.25, 0.3) is 101 Å². The summed E-state index contributed by atoms with van der Waals surface area (Å²) in [5.41, 5.74) is 10.2. The maximum atomic E-state index is 6.95. The summed E-state index contributed by atoms with van der Waals surface area (Å²) in [5.74, 6) is 2.77. The summed E-state index contributed by atoms with van der Waals surface area (Å²) < 4.78 is 15.5. The van der Waals surface area contributed by atoms with Crippen LogP contribution in [-0.4, -0.2) is 50.9 Å². The zero-order valence-corrected chi connectivity index (χ0v) is 38.3. The molecule has 6 heterocycles. The molecule has 0 saturated carbocycles. The lowest BCUT2D eigenvalue weighted by molar-refractivity contribution is 0.671. The van der Waals surface area contributed by atoms with Crippen molar-refractivity contribution in [1.29, 1.82) is 0 Å². The maximum absolute atomic E-state index is 6.95. The van der Waals surface area contributed by atoms with Crippen LogP contribution in [0.3, 0.4) is 0 Å². The zero-order valence-electron chi connectivity index (χ0n) is 37.3. The minimum absolute atomic E-state index is 0.431. The summed E-state index contributed by atoms with van der Waals surface area (Å²) in [4.78, 5) is 26.9. The Hall–Kier alpha value is -9.45. The van der Waals surface area contributed by atoms with Crippen molar-refractivity contribution in [2.45, 2.75) is 0 Å². The second-order valence-corrected chi connectivity index (χ2v) is 21.5. The zero-order chi connectivity index (χ0) is 45.9. The van der Waals surface area contributed by atoms with E-state index in [4.69, 9.17) is 29.3 Å². The van der Waals surface area contributed by atoms with E-state index < -0.39 is 8.07 Å². The van der Waals surface area contributed by atoms with Gasteiger partial charge in [0, 0.05) is 16.3 Å². The molecule has 0 aliphatic rings. The number of furan rings is 1. The van der Waals surface area contributed by atoms with Crippen molar-refractivity contribution in [3.05, 3.63) is 224 Å². The van der Waals surface area contributed by atoms with Crippen LogP contribution in [0.5, 0.6) is 0 Å². The number of aromatic nitrogens is 9. The van der Waals surface area contributed by atoms with Crippen molar-refractivity contribution in [2.75, 3.05) is 0 Å². The van der Waals surface area contributed by atoms with Crippen molar-refractivity contribution < 1.29 is 4.42 Å². The molecule has 10 nitrogen and oxygen atoms in total. The number of benzene rings is 9. The fourth-order valence-electron chi connectivity index (χ4n) is 11.1. The number of fused-ring (bicyclic) bond motifs is 13. The van der Waals surface area contributed by atoms with E-state index in [1.807, 2.05) is 42.5 Å². The monoisotopic (exact) mass is 915 g/mol. The van der Waals surface area contributed by atoms with E-state index in [0.29, 0.717) is 29.3 Å². The van der Waals surface area contributed by atoms with Gasteiger partial charge >= 0.3 is 0 Å². The summed E-state index contributed by atoms with van der Waals surface area (Å²) in [6.07, 6.45) is 0. The van der Waals surface area contributed by atoms with Crippen LogP contribution in [0.4, 0.5) is 0 Å². The maximum Gasteiger partial charge on any atom is 0.242 e. The molecule has 0 amide bonds. The van der Waals surface area contributed by atoms with E-state index >= 15 is 0 Å². The van der Waals surface area contributed by atoms with Crippen molar-refractivity contribution in [3.8, 4) is 23.3 Å². The first-order chi connectivity index (χ1) is 34.7. The fourth-order valence-corrected chi connectivity index (χ4v) is 16.0. The second kappa shape index (κ2) is 14.8. The highest BCUT2D eigenvalue weighted by Crippen LogP contribution is 2.33. The van der Waals surface area contributed by atoms with Gasteiger partial charge < -0.3 is 4.42 Å². The number of hydrogen-bond donors (Lipinski definition) is 0. The Morgan fingerprint density at radius 3 is 1.43 bits per heavy atom. The van der Waals surface area contributed by atoms with Crippen LogP contribution in [0, 0.1) is 0 Å². The molecule has 0 saturated heterocycles. The largest absolute Gasteiger partial charge is 0.456 e. The number of hydrogen-bond acceptors (Lipinski definition) is 6. The van der Waals surface area contributed by atoms with Gasteiger partial charge in [0.05, 0.1) is 44.1 Å². The minimum Gasteiger partial charge on any atom is -0.456 e. The number of rotatable bonds is 7. The molecule has 0 spiro atoms. The van der Waals surface area contributed by atoms with Crippen LogP contribution in [0.15, 0.2) is 229 Å². The number of para-hydroxylation sites is 10. The van der Waals surface area contributed by atoms with Crippen molar-refractivity contribution >= 4 is 106 Å². The topological polar surface area (TPSA) is 96.3 Å². The Morgan fingerprint density at radius 1 is 0.357 bits per heavy atom. The van der Waals surface area contributed by atoms with Crippen LogP contribution < -0.4 is 20.7 Å². The minimum atomic E-state index is -3.21. The average Bonchev–Trinajstić information content (AvgIpc) is 4.24. The average molecular weight is 916 g/mol. The third kappa shape index (κ3) is 5.40. The molecule has 0 bridgehead atoms. The third-order valence-electron chi connectivity index (χ3n) is 14.0. The molecule has 11 heteroatoms. The summed E-state index contributed by atoms with van der Waals surface area (Å²) >= 11 is 0. The molecule has 70 heavy (non-hydrogen) atoms. The number of imidazole rings is 4. The summed E-state index contributed by atoms with van der Waals surface area (Å²) in [6.45, 7) is 0. The highest BCUT2D eigenvalue weighted by Gasteiger charge is 2.44. The van der Waals surface area contributed by atoms with Gasteiger partial charge in [0.2, 0.25) is 23.5 Å². The Labute approximate surface area is 399 Å². The molecule has 15 aromatic rings. The molecule has 328 valence electrons. The molecule has 0 aliphatic carbocycles. The SMILES string of the molecule is c1ccc([Si](c2ccccc2)(c2cccc(-c3nc(-n4c5ccccc5n5c6ccccc6nc45)nc(-n4c5ccccc5n5c6ccccc6nc45)n3)c2)c2cccc3c2oc2ccccc23)cc1. The van der Waals surface area contributed by atoms with Crippen molar-refractivity contribution in [1.82, 2.24) is 42.9 Å². The van der Waals surface area contributed by atoms with Gasteiger partial charge in [-0.15, -0.1) is 0 Å². The molecule has 6 aromatic heterocycles. The highest BCUT2D eigenvalue weighted by molar-refractivity contribution is 7.20. The third-order valence-corrected chi connectivity index (χ3v) is 18.8. The molecule has 0 N–H and O–H groups in total. The predicted octanol–water partition coefficient (Wildman–Crippen LogP) is 10.3. The van der Waals surface area contributed by atoms with Crippen LogP contribution in [0.2, 0.25) is 0 Å². The van der Waals surface area contributed by atoms with E-state index in [0.717, 1.165) is 82.0 Å². The molecular formula is C59H37N9OSi. The van der Waals surface area contributed by atoms with Gasteiger partial charge in [-0.3, -0.25) is 8.80 Å². The normalized spacial score (nSPS) is 12.3. The van der Waals surface area contributed by atoms with E-state index in [2.05, 4.69) is 200 Å². The van der Waals surface area contributed by atoms with E-state index in [1.165, 1.54) is 10.4 Å². The molecule has 9 aromatic carbocycles. The smallest absolute Gasteiger partial charge is 0.242 e. The van der Waals surface area contributed by atoms with Gasteiger partial charge in [-0.1, -0.05) is 170 Å². The summed E-state index contributed by atoms with van der Waals surface area (Å²) in [6, 6.07) is 78.8. The Balaban J connectivity index is 1.05. The molecule has 0 aliphatic heterocycles. The first-order valence-corrected chi connectivity index (χ1v) is 25.4. The fraction of sp³-hybridized carbons (Fsp3) is 0. The lowest BCUT2D eigenvalue weighted by Crippen LogP contribution is -2.74. The summed E-state index contributed by atoms with van der Waals surface area (Å²) in [5, 5.41) is 6.95. The predicted molar refractivity (Wildman–Crippen MR) is 282 cm³/mol. The van der Waals surface area contributed by atoms with E-state index in [-0.39, 0.29) is 0 Å². The van der Waals surface area contributed by atoms with Gasteiger partial charge in [0.1, 0.15) is 11.2 Å². The van der Waals surface area contributed by atoms with Gasteiger partial charge in [0.25, 0.3) is 0 Å². The lowest BCUT2D eigenvalue weighted by Gasteiger charge is -2.34.